The van der Waals surface area contributed by atoms with Crippen LogP contribution in [0.15, 0.2) is 12.1 Å². The van der Waals surface area contributed by atoms with Gasteiger partial charge in [0, 0.05) is 5.19 Å². The molecule has 12 heavy (non-hydrogen) atoms. The lowest BCUT2D eigenvalue weighted by Gasteiger charge is -2.05. The molecule has 0 unspecified atom stereocenters. The molecule has 0 amide bonds. The van der Waals surface area contributed by atoms with Crippen LogP contribution in [0, 0.1) is 20.8 Å². The van der Waals surface area contributed by atoms with Gasteiger partial charge < -0.3 is 4.46 Å². The zero-order valence-corrected chi connectivity index (χ0v) is 9.40. The highest BCUT2D eigenvalue weighted by atomic mass is 32.3. The first-order valence-electron chi connectivity index (χ1n) is 3.83. The maximum absolute atomic E-state index is 11.2. The number of thiol groups is 1. The molecule has 0 aliphatic heterocycles. The van der Waals surface area contributed by atoms with Crippen molar-refractivity contribution in [2.75, 3.05) is 0 Å². The second-order valence-corrected chi connectivity index (χ2v) is 5.41. The smallest absolute Gasteiger partial charge is 0.368 e. The van der Waals surface area contributed by atoms with Crippen LogP contribution in [-0.4, -0.2) is 7.83 Å². The molecule has 0 spiro atoms. The molecule has 1 aromatic carbocycles. The molecule has 1 rings (SSSR count). The van der Waals surface area contributed by atoms with Crippen molar-refractivity contribution in [2.24, 2.45) is 0 Å². The van der Waals surface area contributed by atoms with E-state index < -0.39 is 7.83 Å². The number of hydrogen-bond donors (Lipinski definition) is 1. The first-order chi connectivity index (χ1) is 5.52. The summed E-state index contributed by atoms with van der Waals surface area (Å²) in [5.41, 5.74) is 3.39. The third-order valence-electron chi connectivity index (χ3n) is 1.89. The summed E-state index contributed by atoms with van der Waals surface area (Å²) < 4.78 is 11.2. The average Bonchev–Trinajstić information content (AvgIpc) is 1.82. The zero-order chi connectivity index (χ0) is 9.30. The van der Waals surface area contributed by atoms with Crippen molar-refractivity contribution < 1.29 is 4.46 Å². The van der Waals surface area contributed by atoms with Crippen molar-refractivity contribution in [1.82, 2.24) is 0 Å². The molecule has 0 aromatic heterocycles. The van der Waals surface area contributed by atoms with Crippen molar-refractivity contribution in [3.05, 3.63) is 28.8 Å². The summed E-state index contributed by atoms with van der Waals surface area (Å²) in [6.07, 6.45) is 0. The van der Waals surface area contributed by atoms with Gasteiger partial charge in [-0.1, -0.05) is 17.7 Å². The third kappa shape index (κ3) is 1.84. The predicted octanol–water partition coefficient (Wildman–Crippen LogP) is 1.67. The summed E-state index contributed by atoms with van der Waals surface area (Å²) >= 11 is 4.01. The van der Waals surface area contributed by atoms with Crippen LogP contribution < -0.4 is 5.19 Å². The molecule has 0 N–H and O–H groups in total. The maximum atomic E-state index is 11.2. The lowest BCUT2D eigenvalue weighted by Crippen LogP contribution is -2.22. The van der Waals surface area contributed by atoms with E-state index in [1.54, 1.807) is 0 Å². The Kier molecular flexibility index (Phi) is 2.85. The van der Waals surface area contributed by atoms with Crippen LogP contribution in [0.3, 0.4) is 0 Å². The van der Waals surface area contributed by atoms with Gasteiger partial charge in [-0.15, -0.1) is 12.1 Å². The highest BCUT2D eigenvalue weighted by Gasteiger charge is 2.10. The second kappa shape index (κ2) is 3.54. The molecule has 0 saturated heterocycles. The minimum absolute atomic E-state index is 0.925. The Morgan fingerprint density at radius 3 is 1.92 bits per heavy atom. The van der Waals surface area contributed by atoms with Crippen molar-refractivity contribution in [1.29, 1.82) is 0 Å². The molecular formula is C9H12OSSi. The third-order valence-corrected chi connectivity index (χ3v) is 3.78. The van der Waals surface area contributed by atoms with Gasteiger partial charge in [-0.05, 0) is 31.9 Å². The molecule has 0 heterocycles. The summed E-state index contributed by atoms with van der Waals surface area (Å²) in [5.74, 6) is 0. The summed E-state index contributed by atoms with van der Waals surface area (Å²) in [6, 6.07) is 4.09. The van der Waals surface area contributed by atoms with Gasteiger partial charge in [0.2, 0.25) is 0 Å². The number of benzene rings is 1. The molecule has 0 aliphatic carbocycles. The molecule has 0 bridgehead atoms. The molecule has 1 nitrogen and oxygen atoms in total. The van der Waals surface area contributed by atoms with E-state index in [1.165, 1.54) is 5.56 Å². The average molecular weight is 196 g/mol. The van der Waals surface area contributed by atoms with E-state index in [-0.39, 0.29) is 0 Å². The van der Waals surface area contributed by atoms with Crippen LogP contribution >= 0.6 is 12.1 Å². The molecule has 64 valence electrons. The Bertz CT molecular complexity index is 310. The van der Waals surface area contributed by atoms with E-state index >= 15 is 0 Å². The number of aryl methyl sites for hydroxylation is 3. The first-order valence-corrected chi connectivity index (χ1v) is 6.53. The lowest BCUT2D eigenvalue weighted by molar-refractivity contribution is 0.580. The summed E-state index contributed by atoms with van der Waals surface area (Å²) in [4.78, 5) is 0. The normalized spacial score (nSPS) is 10.0. The quantitative estimate of drug-likeness (QED) is 0.534. The Labute approximate surface area is 79.5 Å². The van der Waals surface area contributed by atoms with Crippen molar-refractivity contribution in [2.45, 2.75) is 20.8 Å². The fourth-order valence-electron chi connectivity index (χ4n) is 1.52. The van der Waals surface area contributed by atoms with Gasteiger partial charge in [0.25, 0.3) is 0 Å². The Morgan fingerprint density at radius 2 is 1.58 bits per heavy atom. The molecule has 0 saturated carbocycles. The first kappa shape index (κ1) is 9.67. The minimum Gasteiger partial charge on any atom is -0.368 e. The van der Waals surface area contributed by atoms with Gasteiger partial charge >= 0.3 is 7.83 Å². The SMILES string of the molecule is Cc1cc(C)c([Si](=O)S)c(C)c1. The minimum atomic E-state index is -1.84. The molecule has 0 radical (unpaired) electrons. The van der Waals surface area contributed by atoms with Crippen LogP contribution in [-0.2, 0) is 4.46 Å². The van der Waals surface area contributed by atoms with Crippen molar-refractivity contribution in [3.63, 3.8) is 0 Å². The Morgan fingerprint density at radius 1 is 1.17 bits per heavy atom. The predicted molar refractivity (Wildman–Crippen MR) is 55.7 cm³/mol. The van der Waals surface area contributed by atoms with Gasteiger partial charge in [-0.3, -0.25) is 0 Å². The van der Waals surface area contributed by atoms with Crippen LogP contribution in [0.25, 0.3) is 0 Å². The second-order valence-electron chi connectivity index (χ2n) is 3.08. The van der Waals surface area contributed by atoms with Gasteiger partial charge in [-0.25, -0.2) is 0 Å². The van der Waals surface area contributed by atoms with E-state index in [1.807, 2.05) is 32.9 Å². The summed E-state index contributed by atoms with van der Waals surface area (Å²) in [7, 11) is -1.84. The monoisotopic (exact) mass is 196 g/mol. The van der Waals surface area contributed by atoms with Gasteiger partial charge in [0.15, 0.2) is 0 Å². The fourth-order valence-corrected chi connectivity index (χ4v) is 3.39. The van der Waals surface area contributed by atoms with Gasteiger partial charge in [0.1, 0.15) is 0 Å². The molecule has 0 aliphatic rings. The van der Waals surface area contributed by atoms with E-state index in [9.17, 15) is 4.46 Å². The van der Waals surface area contributed by atoms with Gasteiger partial charge in [0.05, 0.1) is 0 Å². The molecule has 0 fully saturated rings. The highest BCUT2D eigenvalue weighted by molar-refractivity contribution is 8.09. The Hall–Kier alpha value is -0.413. The lowest BCUT2D eigenvalue weighted by atomic mass is 10.1. The molecule has 0 atom stereocenters. The van der Waals surface area contributed by atoms with Crippen LogP contribution in [0.1, 0.15) is 16.7 Å². The highest BCUT2D eigenvalue weighted by Crippen LogP contribution is 2.06. The topological polar surface area (TPSA) is 17.1 Å². The molecule has 1 aromatic rings. The largest absolute Gasteiger partial charge is 0.378 e. The van der Waals surface area contributed by atoms with Crippen LogP contribution in [0.4, 0.5) is 0 Å². The van der Waals surface area contributed by atoms with E-state index in [0.29, 0.717) is 0 Å². The van der Waals surface area contributed by atoms with E-state index in [0.717, 1.165) is 16.3 Å². The van der Waals surface area contributed by atoms with Crippen molar-refractivity contribution >= 4 is 25.1 Å². The standard InChI is InChI=1S/C9H12OSSi/c1-6-4-7(2)9(12(10)11)8(3)5-6/h4-5,11H,1-3H3. The summed E-state index contributed by atoms with van der Waals surface area (Å²) in [6.45, 7) is 6.00. The fraction of sp³-hybridized carbons (Fsp3) is 0.333. The van der Waals surface area contributed by atoms with Crippen molar-refractivity contribution in [3.8, 4) is 0 Å². The summed E-state index contributed by atoms with van der Waals surface area (Å²) in [5, 5.41) is 0.925. The van der Waals surface area contributed by atoms with Crippen LogP contribution in [0.2, 0.25) is 0 Å². The van der Waals surface area contributed by atoms with E-state index in [2.05, 4.69) is 12.1 Å². The maximum Gasteiger partial charge on any atom is 0.378 e. The molecule has 3 heteroatoms. The van der Waals surface area contributed by atoms with Crippen LogP contribution in [0.5, 0.6) is 0 Å². The Balaban J connectivity index is 3.38. The van der Waals surface area contributed by atoms with Gasteiger partial charge in [-0.2, -0.15) is 0 Å². The number of hydrogen-bond acceptors (Lipinski definition) is 1. The number of rotatable bonds is 1. The molecular weight excluding hydrogens is 184 g/mol. The zero-order valence-electron chi connectivity index (χ0n) is 7.51. The van der Waals surface area contributed by atoms with E-state index in [4.69, 9.17) is 0 Å².